The first kappa shape index (κ1) is 10.8. The van der Waals surface area contributed by atoms with E-state index in [1.165, 1.54) is 10.9 Å². The number of hydrogen-bond donors (Lipinski definition) is 0. The zero-order valence-electron chi connectivity index (χ0n) is 8.35. The number of aromatic nitrogens is 2. The highest BCUT2D eigenvalue weighted by Crippen LogP contribution is 2.14. The monoisotopic (exact) mass is 277 g/mol. The first-order valence-electron chi connectivity index (χ1n) is 4.74. The topological polar surface area (TPSA) is 58.7 Å². The van der Waals surface area contributed by atoms with Gasteiger partial charge >= 0.3 is 0 Å². The number of halogens is 1. The van der Waals surface area contributed by atoms with Gasteiger partial charge in [0.15, 0.2) is 0 Å². The van der Waals surface area contributed by atoms with E-state index in [1.807, 2.05) is 12.1 Å². The van der Waals surface area contributed by atoms with Crippen LogP contribution in [0.2, 0.25) is 0 Å². The molecule has 1 aromatic heterocycles. The van der Waals surface area contributed by atoms with Crippen LogP contribution in [0.1, 0.15) is 6.42 Å². The average molecular weight is 278 g/mol. The highest BCUT2D eigenvalue weighted by atomic mass is 79.9. The van der Waals surface area contributed by atoms with Crippen LogP contribution in [0.15, 0.2) is 33.8 Å². The van der Waals surface area contributed by atoms with Crippen LogP contribution in [0.3, 0.4) is 0 Å². The summed E-state index contributed by atoms with van der Waals surface area (Å²) in [5.41, 5.74) is 0.558. The highest BCUT2D eigenvalue weighted by Gasteiger charge is 2.03. The third-order valence-corrected chi connectivity index (χ3v) is 2.74. The summed E-state index contributed by atoms with van der Waals surface area (Å²) in [6, 6.07) is 7.38. The van der Waals surface area contributed by atoms with Gasteiger partial charge in [0.1, 0.15) is 0 Å². The Bertz CT molecular complexity index is 627. The van der Waals surface area contributed by atoms with E-state index in [-0.39, 0.29) is 5.56 Å². The van der Waals surface area contributed by atoms with Gasteiger partial charge in [-0.1, -0.05) is 15.9 Å². The summed E-state index contributed by atoms with van der Waals surface area (Å²) >= 11 is 3.32. The minimum Gasteiger partial charge on any atom is -0.298 e. The Morgan fingerprint density at radius 1 is 1.50 bits per heavy atom. The lowest BCUT2D eigenvalue weighted by molar-refractivity contribution is 0.678. The Morgan fingerprint density at radius 2 is 2.31 bits per heavy atom. The molecule has 16 heavy (non-hydrogen) atoms. The lowest BCUT2D eigenvalue weighted by atomic mass is 10.2. The normalized spacial score (nSPS) is 10.2. The number of benzene rings is 1. The van der Waals surface area contributed by atoms with Gasteiger partial charge in [0.05, 0.1) is 29.7 Å². The van der Waals surface area contributed by atoms with Crippen LogP contribution < -0.4 is 5.56 Å². The fourth-order valence-electron chi connectivity index (χ4n) is 1.46. The molecule has 5 heteroatoms. The number of fused-ring (bicyclic) bond motifs is 1. The van der Waals surface area contributed by atoms with E-state index in [2.05, 4.69) is 20.9 Å². The SMILES string of the molecule is N#CCCn1cnc2ccc(Br)cc2c1=O. The molecule has 1 heterocycles. The third kappa shape index (κ3) is 1.97. The first-order valence-corrected chi connectivity index (χ1v) is 5.53. The lowest BCUT2D eigenvalue weighted by Crippen LogP contribution is -2.20. The van der Waals surface area contributed by atoms with Crippen molar-refractivity contribution >= 4 is 26.8 Å². The second-order valence-electron chi connectivity index (χ2n) is 3.31. The molecule has 0 aliphatic carbocycles. The minimum absolute atomic E-state index is 0.110. The van der Waals surface area contributed by atoms with Gasteiger partial charge in [-0.25, -0.2) is 4.98 Å². The van der Waals surface area contributed by atoms with E-state index in [9.17, 15) is 4.79 Å². The van der Waals surface area contributed by atoms with Gasteiger partial charge in [0, 0.05) is 11.0 Å². The molecule has 0 aliphatic rings. The predicted octanol–water partition coefficient (Wildman–Crippen LogP) is 2.07. The Kier molecular flexibility index (Phi) is 3.02. The summed E-state index contributed by atoms with van der Waals surface area (Å²) in [5, 5.41) is 9.05. The molecule has 2 aromatic rings. The molecule has 1 aromatic carbocycles. The Balaban J connectivity index is 2.60. The molecule has 0 saturated heterocycles. The number of rotatable bonds is 2. The van der Waals surface area contributed by atoms with E-state index >= 15 is 0 Å². The van der Waals surface area contributed by atoms with Gasteiger partial charge in [-0.2, -0.15) is 5.26 Å². The maximum absolute atomic E-state index is 12.0. The molecular formula is C11H8BrN3O. The molecule has 0 saturated carbocycles. The molecule has 0 spiro atoms. The highest BCUT2D eigenvalue weighted by molar-refractivity contribution is 9.10. The van der Waals surface area contributed by atoms with Crippen LogP contribution in [0.5, 0.6) is 0 Å². The van der Waals surface area contributed by atoms with Crippen molar-refractivity contribution in [3.63, 3.8) is 0 Å². The second-order valence-corrected chi connectivity index (χ2v) is 4.23. The smallest absolute Gasteiger partial charge is 0.261 e. The maximum atomic E-state index is 12.0. The van der Waals surface area contributed by atoms with Gasteiger partial charge in [-0.3, -0.25) is 9.36 Å². The summed E-state index contributed by atoms with van der Waals surface area (Å²) in [6.07, 6.45) is 1.79. The Morgan fingerprint density at radius 3 is 3.06 bits per heavy atom. The fourth-order valence-corrected chi connectivity index (χ4v) is 1.82. The Labute approximate surface area is 100 Å². The maximum Gasteiger partial charge on any atom is 0.261 e. The van der Waals surface area contributed by atoms with Gasteiger partial charge in [0.25, 0.3) is 5.56 Å². The van der Waals surface area contributed by atoms with Crippen molar-refractivity contribution in [1.82, 2.24) is 9.55 Å². The van der Waals surface area contributed by atoms with Gasteiger partial charge in [-0.15, -0.1) is 0 Å². The van der Waals surface area contributed by atoms with Crippen molar-refractivity contribution in [2.75, 3.05) is 0 Å². The van der Waals surface area contributed by atoms with Crippen LogP contribution in [0.25, 0.3) is 10.9 Å². The molecule has 4 nitrogen and oxygen atoms in total. The van der Waals surface area contributed by atoms with Gasteiger partial charge in [0.2, 0.25) is 0 Å². The molecule has 0 N–H and O–H groups in total. The molecule has 0 fully saturated rings. The van der Waals surface area contributed by atoms with E-state index in [1.54, 1.807) is 12.1 Å². The number of aryl methyl sites for hydroxylation is 1. The standard InChI is InChI=1S/C11H8BrN3O/c12-8-2-3-10-9(6-8)11(16)15(7-14-10)5-1-4-13/h2-3,6-7H,1,5H2. The summed E-state index contributed by atoms with van der Waals surface area (Å²) in [5.74, 6) is 0. The number of nitrogens with zero attached hydrogens (tertiary/aromatic N) is 3. The van der Waals surface area contributed by atoms with Crippen molar-refractivity contribution < 1.29 is 0 Å². The molecule has 0 unspecified atom stereocenters. The molecular weight excluding hydrogens is 270 g/mol. The van der Waals surface area contributed by atoms with Crippen molar-refractivity contribution in [2.24, 2.45) is 0 Å². The van der Waals surface area contributed by atoms with Crippen molar-refractivity contribution in [3.8, 4) is 6.07 Å². The second kappa shape index (κ2) is 4.45. The molecule has 80 valence electrons. The molecule has 0 bridgehead atoms. The van der Waals surface area contributed by atoms with Crippen molar-refractivity contribution in [2.45, 2.75) is 13.0 Å². The van der Waals surface area contributed by atoms with E-state index < -0.39 is 0 Å². The lowest BCUT2D eigenvalue weighted by Gasteiger charge is -2.03. The van der Waals surface area contributed by atoms with Crippen LogP contribution in [-0.4, -0.2) is 9.55 Å². The van der Waals surface area contributed by atoms with Crippen molar-refractivity contribution in [1.29, 1.82) is 5.26 Å². The summed E-state index contributed by atoms with van der Waals surface area (Å²) in [4.78, 5) is 16.1. The summed E-state index contributed by atoms with van der Waals surface area (Å²) in [6.45, 7) is 0.380. The largest absolute Gasteiger partial charge is 0.298 e. The molecule has 0 amide bonds. The van der Waals surface area contributed by atoms with Crippen molar-refractivity contribution in [3.05, 3.63) is 39.4 Å². The van der Waals surface area contributed by atoms with Gasteiger partial charge in [-0.05, 0) is 18.2 Å². The molecule has 0 atom stereocenters. The molecule has 0 aliphatic heterocycles. The first-order chi connectivity index (χ1) is 7.72. The van der Waals surface area contributed by atoms with Crippen LogP contribution in [0, 0.1) is 11.3 Å². The average Bonchev–Trinajstić information content (AvgIpc) is 2.29. The zero-order valence-corrected chi connectivity index (χ0v) is 9.94. The predicted molar refractivity (Wildman–Crippen MR) is 63.9 cm³/mol. The van der Waals surface area contributed by atoms with Crippen LogP contribution in [0.4, 0.5) is 0 Å². The van der Waals surface area contributed by atoms with E-state index in [4.69, 9.17) is 5.26 Å². The minimum atomic E-state index is -0.110. The summed E-state index contributed by atoms with van der Waals surface area (Å²) in [7, 11) is 0. The van der Waals surface area contributed by atoms with E-state index in [0.717, 1.165) is 4.47 Å². The quantitative estimate of drug-likeness (QED) is 0.845. The third-order valence-electron chi connectivity index (χ3n) is 2.25. The van der Waals surface area contributed by atoms with E-state index in [0.29, 0.717) is 23.9 Å². The Hall–Kier alpha value is -1.67. The zero-order chi connectivity index (χ0) is 11.5. The summed E-state index contributed by atoms with van der Waals surface area (Å²) < 4.78 is 2.30. The molecule has 2 rings (SSSR count). The molecule has 0 radical (unpaired) electrons. The fraction of sp³-hybridized carbons (Fsp3) is 0.182. The van der Waals surface area contributed by atoms with Gasteiger partial charge < -0.3 is 0 Å². The van der Waals surface area contributed by atoms with Crippen LogP contribution >= 0.6 is 15.9 Å². The number of hydrogen-bond acceptors (Lipinski definition) is 3. The van der Waals surface area contributed by atoms with Crippen LogP contribution in [-0.2, 0) is 6.54 Å². The number of nitriles is 1.